The minimum atomic E-state index is -1.50. The molecule has 0 spiro atoms. The van der Waals surface area contributed by atoms with Gasteiger partial charge in [0.1, 0.15) is 7.74 Å². The summed E-state index contributed by atoms with van der Waals surface area (Å²) in [4.78, 5) is 0. The summed E-state index contributed by atoms with van der Waals surface area (Å²) in [6.45, 7) is 29.5. The fourth-order valence-corrected chi connectivity index (χ4v) is 23.6. The van der Waals surface area contributed by atoms with Crippen LogP contribution in [0.15, 0.2) is 22.4 Å². The van der Waals surface area contributed by atoms with Crippen molar-refractivity contribution in [3.05, 3.63) is 22.4 Å². The molecule has 0 bridgehead atoms. The van der Waals surface area contributed by atoms with Crippen LogP contribution in [0.25, 0.3) is 0 Å². The zero-order chi connectivity index (χ0) is 17.0. The summed E-state index contributed by atoms with van der Waals surface area (Å²) < 4.78 is 0. The highest BCUT2D eigenvalue weighted by molar-refractivity contribution is 7.97. The maximum atomic E-state index is 2.62. The van der Waals surface area contributed by atoms with Gasteiger partial charge in [-0.15, -0.1) is 7.47 Å². The molecule has 0 atom stereocenters. The smallest absolute Gasteiger partial charge is 0.103 e. The summed E-state index contributed by atoms with van der Waals surface area (Å²) in [5, 5.41) is 2.55. The summed E-state index contributed by atoms with van der Waals surface area (Å²) >= 11 is 0. The van der Waals surface area contributed by atoms with E-state index in [0.29, 0.717) is 10.3 Å². The minimum Gasteiger partial charge on any atom is -0.103 e. The summed E-state index contributed by atoms with van der Waals surface area (Å²) in [6.07, 6.45) is 2.61. The second-order valence-electron chi connectivity index (χ2n) is 9.77. The number of allylic oxidation sites excluding steroid dienone is 4. The van der Waals surface area contributed by atoms with Gasteiger partial charge in [-0.25, -0.2) is 0 Å². The molecule has 0 heterocycles. The second kappa shape index (κ2) is 5.34. The molecular weight excluding hydrogens is 287 g/mol. The molecule has 0 saturated heterocycles. The third-order valence-corrected chi connectivity index (χ3v) is 18.7. The Labute approximate surface area is 136 Å². The zero-order valence-electron chi connectivity index (χ0n) is 16.5. The fraction of sp³-hybridized carbons (Fsp3) is 0.789. The molecule has 1 aliphatic carbocycles. The van der Waals surface area contributed by atoms with Gasteiger partial charge < -0.3 is 0 Å². The van der Waals surface area contributed by atoms with Crippen LogP contribution in [0.4, 0.5) is 0 Å². The lowest BCUT2D eigenvalue weighted by Crippen LogP contribution is -2.42. The largest absolute Gasteiger partial charge is 0.108 e. The SMILES string of the molecule is CC1=C(C)C(C)(C)C=C1[Si](C)(C)P(C(C)(C)C)C(C)(C)C. The predicted octanol–water partition coefficient (Wildman–Crippen LogP) is 7.11. The Balaban J connectivity index is 3.47. The van der Waals surface area contributed by atoms with Crippen molar-refractivity contribution in [3.8, 4) is 0 Å². The zero-order valence-corrected chi connectivity index (χ0v) is 18.4. The summed E-state index contributed by atoms with van der Waals surface area (Å²) in [6, 6.07) is 0. The molecule has 0 aliphatic heterocycles. The second-order valence-corrected chi connectivity index (χ2v) is 21.5. The molecule has 0 N–H and O–H groups in total. The Hall–Kier alpha value is 0.127. The number of hydrogen-bond acceptors (Lipinski definition) is 0. The van der Waals surface area contributed by atoms with Crippen molar-refractivity contribution >= 4 is 15.2 Å². The minimum absolute atomic E-state index is 0.0477. The highest BCUT2D eigenvalue weighted by atomic mass is 31.4. The Morgan fingerprint density at radius 3 is 1.52 bits per heavy atom. The molecule has 2 heteroatoms. The summed E-state index contributed by atoms with van der Waals surface area (Å²) in [5.41, 5.74) is 3.43. The van der Waals surface area contributed by atoms with Crippen molar-refractivity contribution in [2.75, 3.05) is 0 Å². The van der Waals surface area contributed by atoms with Gasteiger partial charge in [0.15, 0.2) is 0 Å². The van der Waals surface area contributed by atoms with Gasteiger partial charge in [0, 0.05) is 5.41 Å². The Bertz CT molecular complexity index is 465. The van der Waals surface area contributed by atoms with Gasteiger partial charge >= 0.3 is 0 Å². The van der Waals surface area contributed by atoms with Crippen molar-refractivity contribution in [3.63, 3.8) is 0 Å². The maximum Gasteiger partial charge on any atom is 0.108 e. The molecule has 0 saturated carbocycles. The van der Waals surface area contributed by atoms with Crippen LogP contribution < -0.4 is 0 Å². The monoisotopic (exact) mass is 324 g/mol. The van der Waals surface area contributed by atoms with Gasteiger partial charge in [-0.05, 0) is 24.2 Å². The van der Waals surface area contributed by atoms with Gasteiger partial charge in [0.2, 0.25) is 0 Å². The van der Waals surface area contributed by atoms with Crippen molar-refractivity contribution < 1.29 is 0 Å². The van der Waals surface area contributed by atoms with Crippen molar-refractivity contribution in [2.24, 2.45) is 5.41 Å². The lowest BCUT2D eigenvalue weighted by molar-refractivity contribution is 0.588. The Morgan fingerprint density at radius 1 is 0.905 bits per heavy atom. The van der Waals surface area contributed by atoms with Crippen molar-refractivity contribution in [1.29, 1.82) is 0 Å². The van der Waals surface area contributed by atoms with Crippen LogP contribution in [0.1, 0.15) is 69.2 Å². The molecular formula is C19H37PSi. The van der Waals surface area contributed by atoms with E-state index >= 15 is 0 Å². The first-order valence-corrected chi connectivity index (χ1v) is 13.4. The van der Waals surface area contributed by atoms with Gasteiger partial charge in [-0.2, -0.15) is 0 Å². The highest BCUT2D eigenvalue weighted by Gasteiger charge is 2.49. The summed E-state index contributed by atoms with van der Waals surface area (Å²) in [5.74, 6) is 0. The summed E-state index contributed by atoms with van der Waals surface area (Å²) in [7, 11) is -1.54. The molecule has 0 aromatic heterocycles. The van der Waals surface area contributed by atoms with E-state index in [9.17, 15) is 0 Å². The van der Waals surface area contributed by atoms with Crippen LogP contribution in [0.2, 0.25) is 13.1 Å². The third-order valence-electron chi connectivity index (χ3n) is 5.00. The van der Waals surface area contributed by atoms with E-state index < -0.39 is 7.74 Å². The predicted molar refractivity (Wildman–Crippen MR) is 104 cm³/mol. The van der Waals surface area contributed by atoms with E-state index in [2.05, 4.69) is 88.4 Å². The first-order chi connectivity index (χ1) is 9.03. The lowest BCUT2D eigenvalue weighted by atomic mass is 9.88. The van der Waals surface area contributed by atoms with E-state index in [1.54, 1.807) is 16.3 Å². The van der Waals surface area contributed by atoms with Gasteiger partial charge in [0.05, 0.1) is 0 Å². The van der Waals surface area contributed by atoms with Gasteiger partial charge in [0.25, 0.3) is 0 Å². The van der Waals surface area contributed by atoms with Crippen LogP contribution in [0, 0.1) is 5.41 Å². The Kier molecular flexibility index (Phi) is 4.88. The fourth-order valence-electron chi connectivity index (χ4n) is 4.70. The maximum absolute atomic E-state index is 2.62. The first kappa shape index (κ1) is 19.2. The van der Waals surface area contributed by atoms with Gasteiger partial charge in [-0.1, -0.05) is 90.9 Å². The average molecular weight is 325 g/mol. The molecule has 122 valence electrons. The molecule has 0 radical (unpaired) electrons. The number of rotatable bonds is 2. The average Bonchev–Trinajstić information content (AvgIpc) is 2.37. The molecule has 0 aromatic rings. The van der Waals surface area contributed by atoms with E-state index in [1.165, 1.54) is 0 Å². The molecule has 1 rings (SSSR count). The van der Waals surface area contributed by atoms with Crippen LogP contribution in [-0.4, -0.2) is 18.1 Å². The highest BCUT2D eigenvalue weighted by Crippen LogP contribution is 2.68. The first-order valence-electron chi connectivity index (χ1n) is 8.25. The number of hydrogen-bond donors (Lipinski definition) is 0. The molecule has 0 fully saturated rings. The van der Waals surface area contributed by atoms with E-state index in [4.69, 9.17) is 0 Å². The Morgan fingerprint density at radius 2 is 1.29 bits per heavy atom. The van der Waals surface area contributed by atoms with Crippen molar-refractivity contribution in [2.45, 2.75) is 92.6 Å². The topological polar surface area (TPSA) is 0 Å². The van der Waals surface area contributed by atoms with Crippen molar-refractivity contribution in [1.82, 2.24) is 0 Å². The molecule has 1 aliphatic rings. The standard InChI is InChI=1S/C19H37PSi/c1-14-15(2)19(9,10)13-16(14)21(11,12)20(17(3,4)5)18(6,7)8/h13H,1-12H3. The molecule has 0 amide bonds. The molecule has 21 heavy (non-hydrogen) atoms. The van der Waals surface area contributed by atoms with Crippen LogP contribution in [0.3, 0.4) is 0 Å². The van der Waals surface area contributed by atoms with E-state index in [0.717, 1.165) is 0 Å². The van der Waals surface area contributed by atoms with E-state index in [-0.39, 0.29) is 12.9 Å². The van der Waals surface area contributed by atoms with Crippen LogP contribution >= 0.6 is 7.47 Å². The molecule has 0 unspecified atom stereocenters. The van der Waals surface area contributed by atoms with Crippen LogP contribution in [0.5, 0.6) is 0 Å². The third kappa shape index (κ3) is 3.56. The molecule has 0 nitrogen and oxygen atoms in total. The molecule has 0 aromatic carbocycles. The van der Waals surface area contributed by atoms with Gasteiger partial charge in [-0.3, -0.25) is 0 Å². The lowest BCUT2D eigenvalue weighted by Gasteiger charge is -2.51. The quantitative estimate of drug-likeness (QED) is 0.375. The van der Waals surface area contributed by atoms with Crippen LogP contribution in [-0.2, 0) is 0 Å². The van der Waals surface area contributed by atoms with E-state index in [1.807, 2.05) is 0 Å². The normalized spacial score (nSPS) is 20.3.